The van der Waals surface area contributed by atoms with Crippen LogP contribution in [0.2, 0.25) is 0 Å². The van der Waals surface area contributed by atoms with Crippen LogP contribution in [0.5, 0.6) is 17.2 Å². The smallest absolute Gasteiger partial charge is 0.307 e. The number of ether oxygens (including phenoxy) is 4. The topological polar surface area (TPSA) is 103 Å². The molecule has 43 heavy (non-hydrogen) atoms. The maximum atomic E-state index is 12.7. The van der Waals surface area contributed by atoms with Crippen LogP contribution in [0.15, 0.2) is 91.0 Å². The fourth-order valence-electron chi connectivity index (χ4n) is 6.53. The Morgan fingerprint density at radius 1 is 0.837 bits per heavy atom. The number of methoxy groups -OCH3 is 2. The Hall–Kier alpha value is -4.82. The molecule has 220 valence electrons. The maximum Gasteiger partial charge on any atom is 0.307 e. The number of nitrogens with one attached hydrogen (secondary N) is 1. The number of aliphatic carboxylic acids is 1. The second-order valence-electron chi connectivity index (χ2n) is 10.8. The first kappa shape index (κ1) is 28.3. The van der Waals surface area contributed by atoms with Crippen molar-refractivity contribution in [3.63, 3.8) is 0 Å². The highest BCUT2D eigenvalue weighted by molar-refractivity contribution is 6.00. The van der Waals surface area contributed by atoms with Crippen LogP contribution in [-0.4, -0.2) is 44.6 Å². The third-order valence-electron chi connectivity index (χ3n) is 8.50. The normalized spacial score (nSPS) is 20.5. The van der Waals surface area contributed by atoms with E-state index in [4.69, 9.17) is 18.9 Å². The number of carbonyl (C=O) groups excluding carboxylic acids is 1. The van der Waals surface area contributed by atoms with Crippen LogP contribution >= 0.6 is 0 Å². The molecule has 4 aromatic rings. The minimum absolute atomic E-state index is 0.00316. The number of carboxylic acids is 1. The van der Waals surface area contributed by atoms with Gasteiger partial charge in [-0.1, -0.05) is 60.7 Å². The fraction of sp³-hybridized carbons (Fsp3) is 0.257. The highest BCUT2D eigenvalue weighted by Crippen LogP contribution is 2.60. The van der Waals surface area contributed by atoms with Crippen molar-refractivity contribution >= 4 is 17.6 Å². The lowest BCUT2D eigenvalue weighted by Gasteiger charge is -2.50. The van der Waals surface area contributed by atoms with Gasteiger partial charge in [0.15, 0.2) is 6.79 Å². The molecule has 4 aromatic carbocycles. The molecule has 3 unspecified atom stereocenters. The van der Waals surface area contributed by atoms with Crippen molar-refractivity contribution in [1.29, 1.82) is 0 Å². The van der Waals surface area contributed by atoms with Crippen molar-refractivity contribution in [2.75, 3.05) is 32.9 Å². The number of anilines is 1. The monoisotopic (exact) mass is 579 g/mol. The van der Waals surface area contributed by atoms with Gasteiger partial charge >= 0.3 is 5.97 Å². The van der Waals surface area contributed by atoms with Gasteiger partial charge in [-0.2, -0.15) is 0 Å². The van der Waals surface area contributed by atoms with E-state index in [-0.39, 0.29) is 37.1 Å². The van der Waals surface area contributed by atoms with E-state index in [0.29, 0.717) is 23.7 Å². The summed E-state index contributed by atoms with van der Waals surface area (Å²) in [5.41, 5.74) is 5.45. The molecule has 8 nitrogen and oxygen atoms in total. The summed E-state index contributed by atoms with van der Waals surface area (Å²) in [6, 6.07) is 28.8. The van der Waals surface area contributed by atoms with E-state index in [9.17, 15) is 14.7 Å². The Morgan fingerprint density at radius 2 is 1.49 bits per heavy atom. The SMILES string of the molecule is COc1ccccc1C1C(COCOc2cccc(-c3ccc4c(c3)NC(=O)C4)c2)[C@H](c2ccccc2OC)C1C(=O)O. The molecule has 2 aliphatic rings. The van der Waals surface area contributed by atoms with Gasteiger partial charge in [0.05, 0.1) is 33.2 Å². The molecule has 4 atom stereocenters. The molecule has 1 heterocycles. The van der Waals surface area contributed by atoms with Gasteiger partial charge in [-0.05, 0) is 64.1 Å². The number of benzene rings is 4. The highest BCUT2D eigenvalue weighted by Gasteiger charge is 2.56. The summed E-state index contributed by atoms with van der Waals surface area (Å²) >= 11 is 0. The average Bonchev–Trinajstić information content (AvgIpc) is 3.40. The van der Waals surface area contributed by atoms with E-state index in [1.807, 2.05) is 91.0 Å². The molecule has 1 aliphatic carbocycles. The Morgan fingerprint density at radius 3 is 2.14 bits per heavy atom. The van der Waals surface area contributed by atoms with E-state index >= 15 is 0 Å². The van der Waals surface area contributed by atoms with Crippen LogP contribution in [0.25, 0.3) is 11.1 Å². The summed E-state index contributed by atoms with van der Waals surface area (Å²) in [5.74, 6) is -0.421. The molecular formula is C35H33NO7. The summed E-state index contributed by atoms with van der Waals surface area (Å²) in [6.07, 6.45) is 0.403. The van der Waals surface area contributed by atoms with Crippen molar-refractivity contribution in [2.45, 2.75) is 18.3 Å². The quantitative estimate of drug-likeness (QED) is 0.163. The van der Waals surface area contributed by atoms with Gasteiger partial charge in [-0.15, -0.1) is 0 Å². The van der Waals surface area contributed by atoms with Crippen LogP contribution in [-0.2, 0) is 20.7 Å². The molecular weight excluding hydrogens is 546 g/mol. The molecule has 1 saturated carbocycles. The first-order valence-electron chi connectivity index (χ1n) is 14.2. The molecule has 0 bridgehead atoms. The molecule has 1 amide bonds. The molecule has 1 fully saturated rings. The summed E-state index contributed by atoms with van der Waals surface area (Å²) in [6.45, 7) is 0.272. The Balaban J connectivity index is 1.20. The van der Waals surface area contributed by atoms with Crippen LogP contribution in [0.4, 0.5) is 5.69 Å². The lowest BCUT2D eigenvalue weighted by molar-refractivity contribution is -0.152. The van der Waals surface area contributed by atoms with Gasteiger partial charge in [0.25, 0.3) is 0 Å². The van der Waals surface area contributed by atoms with Crippen LogP contribution < -0.4 is 19.5 Å². The molecule has 1 aliphatic heterocycles. The molecule has 0 aromatic heterocycles. The van der Waals surface area contributed by atoms with E-state index < -0.39 is 11.9 Å². The van der Waals surface area contributed by atoms with Gasteiger partial charge in [0.2, 0.25) is 5.91 Å². The predicted molar refractivity (Wildman–Crippen MR) is 162 cm³/mol. The standard InChI is InChI=1S/C35H33NO7/c1-40-29-12-5-3-10-25(29)32-27(33(34(32)35(38)39)26-11-4-6-13-30(26)41-2)19-42-20-43-24-9-7-8-21(16-24)22-14-15-23-18-31(37)36-28(23)17-22/h3-17,27,32-34H,18-20H2,1-2H3,(H,36,37)(H,38,39)/t27?,32-,33?,34?/m0/s1. The Bertz CT molecular complexity index is 1600. The zero-order chi connectivity index (χ0) is 29.9. The number of para-hydroxylation sites is 2. The first-order valence-corrected chi connectivity index (χ1v) is 14.2. The lowest BCUT2D eigenvalue weighted by atomic mass is 9.52. The molecule has 0 saturated heterocycles. The van der Waals surface area contributed by atoms with Gasteiger partial charge in [0.1, 0.15) is 17.2 Å². The first-order chi connectivity index (χ1) is 21.0. The van der Waals surface area contributed by atoms with E-state index in [1.54, 1.807) is 14.2 Å². The Labute approximate surface area is 250 Å². The number of amides is 1. The lowest BCUT2D eigenvalue weighted by Crippen LogP contribution is -2.49. The third-order valence-corrected chi connectivity index (χ3v) is 8.50. The van der Waals surface area contributed by atoms with E-state index in [0.717, 1.165) is 33.5 Å². The minimum Gasteiger partial charge on any atom is -0.496 e. The summed E-state index contributed by atoms with van der Waals surface area (Å²) in [4.78, 5) is 24.4. The summed E-state index contributed by atoms with van der Waals surface area (Å²) in [7, 11) is 3.19. The Kier molecular flexibility index (Phi) is 8.03. The molecule has 0 radical (unpaired) electrons. The molecule has 8 heteroatoms. The molecule has 0 spiro atoms. The number of carbonyl (C=O) groups is 2. The minimum atomic E-state index is -0.873. The number of rotatable bonds is 11. The van der Waals surface area contributed by atoms with Crippen molar-refractivity contribution < 1.29 is 33.6 Å². The fourth-order valence-corrected chi connectivity index (χ4v) is 6.53. The van der Waals surface area contributed by atoms with Crippen molar-refractivity contribution in [1.82, 2.24) is 0 Å². The summed E-state index contributed by atoms with van der Waals surface area (Å²) < 4.78 is 23.3. The molecule has 6 rings (SSSR count). The van der Waals surface area contributed by atoms with Crippen LogP contribution in [0.3, 0.4) is 0 Å². The number of hydrogen-bond acceptors (Lipinski definition) is 6. The number of carboxylic acid groups (broad SMARTS) is 1. The molecule has 2 N–H and O–H groups in total. The van der Waals surface area contributed by atoms with Crippen LogP contribution in [0.1, 0.15) is 28.5 Å². The van der Waals surface area contributed by atoms with Gasteiger partial charge in [0, 0.05) is 17.5 Å². The number of hydrogen-bond donors (Lipinski definition) is 2. The second kappa shape index (κ2) is 12.2. The highest BCUT2D eigenvalue weighted by atomic mass is 16.7. The van der Waals surface area contributed by atoms with Gasteiger partial charge in [-0.25, -0.2) is 0 Å². The van der Waals surface area contributed by atoms with Gasteiger partial charge in [-0.3, -0.25) is 9.59 Å². The largest absolute Gasteiger partial charge is 0.496 e. The van der Waals surface area contributed by atoms with Crippen LogP contribution in [0, 0.1) is 11.8 Å². The van der Waals surface area contributed by atoms with E-state index in [2.05, 4.69) is 5.32 Å². The third kappa shape index (κ3) is 5.53. The average molecular weight is 580 g/mol. The predicted octanol–water partition coefficient (Wildman–Crippen LogP) is 6.12. The zero-order valence-corrected chi connectivity index (χ0v) is 24.0. The van der Waals surface area contributed by atoms with Crippen molar-refractivity contribution in [3.8, 4) is 28.4 Å². The second-order valence-corrected chi connectivity index (χ2v) is 10.8. The zero-order valence-electron chi connectivity index (χ0n) is 24.0. The summed E-state index contributed by atoms with van der Waals surface area (Å²) in [5, 5.41) is 13.3. The maximum absolute atomic E-state index is 12.7. The van der Waals surface area contributed by atoms with Crippen molar-refractivity contribution in [3.05, 3.63) is 108 Å². The van der Waals surface area contributed by atoms with Crippen molar-refractivity contribution in [2.24, 2.45) is 11.8 Å². The van der Waals surface area contributed by atoms with E-state index in [1.165, 1.54) is 0 Å². The van der Waals surface area contributed by atoms with Gasteiger partial charge < -0.3 is 29.4 Å². The number of fused-ring (bicyclic) bond motifs is 1.